The highest BCUT2D eigenvalue weighted by molar-refractivity contribution is 6.31. The molecule has 0 amide bonds. The summed E-state index contributed by atoms with van der Waals surface area (Å²) in [5.74, 6) is -4.12. The van der Waals surface area contributed by atoms with Crippen LogP contribution in [0.4, 0.5) is 17.6 Å². The number of hydrogen-bond acceptors (Lipinski definition) is 4. The summed E-state index contributed by atoms with van der Waals surface area (Å²) < 4.78 is 59.9. The van der Waals surface area contributed by atoms with Crippen molar-refractivity contribution in [2.75, 3.05) is 6.54 Å². The molecule has 3 N–H and O–H groups in total. The number of hydrogen-bond donors (Lipinski definition) is 2. The number of carboxylic acids is 1. The molecule has 0 aliphatic carbocycles. The summed E-state index contributed by atoms with van der Waals surface area (Å²) in [5, 5.41) is 8.69. The predicted molar refractivity (Wildman–Crippen MR) is 62.0 cm³/mol. The quantitative estimate of drug-likeness (QED) is 0.832. The largest absolute Gasteiger partial charge is 0.507 e. The molecule has 0 fully saturated rings. The minimum Gasteiger partial charge on any atom is -0.481 e. The van der Waals surface area contributed by atoms with Gasteiger partial charge >= 0.3 is 18.2 Å². The number of nitrogens with two attached hydrogens (primary N) is 1. The Hall–Kier alpha value is -1.74. The van der Waals surface area contributed by atoms with Crippen molar-refractivity contribution >= 4 is 17.6 Å². The van der Waals surface area contributed by atoms with Crippen LogP contribution in [0.5, 0.6) is 11.5 Å². The van der Waals surface area contributed by atoms with E-state index >= 15 is 0 Å². The molecular weight excluding hydrogens is 322 g/mol. The normalized spacial score (nSPS) is 19.9. The van der Waals surface area contributed by atoms with Gasteiger partial charge in [-0.3, -0.25) is 4.79 Å². The van der Waals surface area contributed by atoms with Crippen LogP contribution < -0.4 is 15.2 Å². The highest BCUT2D eigenvalue weighted by Gasteiger charge is 2.66. The number of carboxylic acid groups (broad SMARTS) is 1. The lowest BCUT2D eigenvalue weighted by Gasteiger charge is -2.32. The van der Waals surface area contributed by atoms with Crippen molar-refractivity contribution in [2.45, 2.75) is 18.1 Å². The minimum atomic E-state index is -4.90. The SMILES string of the molecule is NCC(C(=O)O)c1cc2c(cc1Cl)OC(F)(F)C(F)(F)O2. The Morgan fingerprint density at radius 1 is 1.24 bits per heavy atom. The average Bonchev–Trinajstić information content (AvgIpc) is 2.32. The summed E-state index contributed by atoms with van der Waals surface area (Å²) in [6.45, 7) is -0.374. The number of alkyl halides is 4. The highest BCUT2D eigenvalue weighted by Crippen LogP contribution is 2.49. The summed E-state index contributed by atoms with van der Waals surface area (Å²) in [6, 6.07) is 1.58. The van der Waals surface area contributed by atoms with Crippen LogP contribution in [0.3, 0.4) is 0 Å². The van der Waals surface area contributed by atoms with Crippen molar-refractivity contribution in [3.8, 4) is 11.5 Å². The van der Waals surface area contributed by atoms with E-state index in [1.807, 2.05) is 0 Å². The lowest BCUT2D eigenvalue weighted by molar-refractivity contribution is -0.391. The van der Waals surface area contributed by atoms with E-state index in [-0.39, 0.29) is 17.1 Å². The molecular formula is C11H8ClF4NO4. The average molecular weight is 330 g/mol. The molecule has 2 rings (SSSR count). The Kier molecular flexibility index (Phi) is 3.66. The lowest BCUT2D eigenvalue weighted by atomic mass is 9.98. The van der Waals surface area contributed by atoms with Crippen molar-refractivity contribution in [1.29, 1.82) is 0 Å². The minimum absolute atomic E-state index is 0.143. The number of ether oxygens (including phenoxy) is 2. The molecule has 0 bridgehead atoms. The molecule has 1 atom stereocenters. The van der Waals surface area contributed by atoms with Gasteiger partial charge in [0.2, 0.25) is 0 Å². The van der Waals surface area contributed by atoms with Crippen molar-refractivity contribution in [3.63, 3.8) is 0 Å². The number of aliphatic carboxylic acids is 1. The van der Waals surface area contributed by atoms with Crippen LogP contribution in [0, 0.1) is 0 Å². The molecule has 1 aliphatic rings. The predicted octanol–water partition coefficient (Wildman–Crippen LogP) is 2.42. The molecule has 21 heavy (non-hydrogen) atoms. The molecule has 1 aliphatic heterocycles. The van der Waals surface area contributed by atoms with Gasteiger partial charge in [0.05, 0.1) is 5.92 Å². The third kappa shape index (κ3) is 2.58. The second-order valence-electron chi connectivity index (χ2n) is 4.18. The van der Waals surface area contributed by atoms with Crippen molar-refractivity contribution in [3.05, 3.63) is 22.7 Å². The zero-order valence-electron chi connectivity index (χ0n) is 10.1. The van der Waals surface area contributed by atoms with E-state index < -0.39 is 35.6 Å². The van der Waals surface area contributed by atoms with Crippen LogP contribution in [0.25, 0.3) is 0 Å². The molecule has 1 aromatic carbocycles. The maximum atomic E-state index is 13.1. The third-order valence-corrected chi connectivity index (χ3v) is 3.11. The van der Waals surface area contributed by atoms with Gasteiger partial charge in [0.15, 0.2) is 11.5 Å². The smallest absolute Gasteiger partial charge is 0.481 e. The first-order valence-corrected chi connectivity index (χ1v) is 5.87. The maximum absolute atomic E-state index is 13.1. The zero-order chi connectivity index (χ0) is 16.0. The Morgan fingerprint density at radius 3 is 2.14 bits per heavy atom. The fourth-order valence-electron chi connectivity index (χ4n) is 1.73. The lowest BCUT2D eigenvalue weighted by Crippen LogP contribution is -2.52. The number of fused-ring (bicyclic) bond motifs is 1. The highest BCUT2D eigenvalue weighted by atomic mass is 35.5. The fourth-order valence-corrected chi connectivity index (χ4v) is 2.02. The topological polar surface area (TPSA) is 81.8 Å². The molecule has 0 saturated heterocycles. The van der Waals surface area contributed by atoms with E-state index in [2.05, 4.69) is 9.47 Å². The molecule has 1 unspecified atom stereocenters. The van der Waals surface area contributed by atoms with Crippen LogP contribution in [0.15, 0.2) is 12.1 Å². The number of benzene rings is 1. The molecule has 1 aromatic rings. The summed E-state index contributed by atoms with van der Waals surface area (Å²) >= 11 is 5.76. The standard InChI is InChI=1S/C11H8ClF4NO4/c12-6-2-8-7(1-4(6)5(3-17)9(18)19)20-10(13,14)11(15,16)21-8/h1-2,5H,3,17H2,(H,18,19). The van der Waals surface area contributed by atoms with E-state index in [0.29, 0.717) is 0 Å². The summed E-state index contributed by atoms with van der Waals surface area (Å²) in [6.07, 6.45) is -9.77. The van der Waals surface area contributed by atoms with Crippen LogP contribution >= 0.6 is 11.6 Å². The zero-order valence-corrected chi connectivity index (χ0v) is 10.8. The Balaban J connectivity index is 2.51. The number of rotatable bonds is 3. The second kappa shape index (κ2) is 4.92. The maximum Gasteiger partial charge on any atom is 0.507 e. The molecule has 0 spiro atoms. The molecule has 10 heteroatoms. The van der Waals surface area contributed by atoms with E-state index in [1.165, 1.54) is 0 Å². The summed E-state index contributed by atoms with van der Waals surface area (Å²) in [5.41, 5.74) is 5.12. The van der Waals surface area contributed by atoms with Gasteiger partial charge in [-0.1, -0.05) is 11.6 Å². The fraction of sp³-hybridized carbons (Fsp3) is 0.364. The summed E-state index contributed by atoms with van der Waals surface area (Å²) in [4.78, 5) is 11.0. The van der Waals surface area contributed by atoms with Crippen molar-refractivity contribution in [2.24, 2.45) is 5.73 Å². The van der Waals surface area contributed by atoms with Crippen molar-refractivity contribution in [1.82, 2.24) is 0 Å². The van der Waals surface area contributed by atoms with Gasteiger partial charge in [-0.25, -0.2) is 0 Å². The number of halogens is 5. The van der Waals surface area contributed by atoms with Gasteiger partial charge in [0, 0.05) is 17.6 Å². The van der Waals surface area contributed by atoms with E-state index in [4.69, 9.17) is 22.4 Å². The molecule has 1 heterocycles. The molecule has 0 radical (unpaired) electrons. The Morgan fingerprint density at radius 2 is 1.71 bits per heavy atom. The Labute approximate surface area is 120 Å². The molecule has 0 saturated carbocycles. The van der Waals surface area contributed by atoms with Gasteiger partial charge in [-0.05, 0) is 11.6 Å². The van der Waals surface area contributed by atoms with Gasteiger partial charge in [-0.2, -0.15) is 17.6 Å². The number of carbonyl (C=O) groups is 1. The van der Waals surface area contributed by atoms with Gasteiger partial charge in [0.25, 0.3) is 0 Å². The first-order valence-electron chi connectivity index (χ1n) is 5.49. The van der Waals surface area contributed by atoms with Crippen molar-refractivity contribution < 1.29 is 36.9 Å². The van der Waals surface area contributed by atoms with Crippen LogP contribution in [0.1, 0.15) is 11.5 Å². The van der Waals surface area contributed by atoms with Gasteiger partial charge in [-0.15, -0.1) is 0 Å². The molecule has 0 aromatic heterocycles. The molecule has 5 nitrogen and oxygen atoms in total. The first-order chi connectivity index (χ1) is 9.59. The summed E-state index contributed by atoms with van der Waals surface area (Å²) in [7, 11) is 0. The van der Waals surface area contributed by atoms with E-state index in [0.717, 1.165) is 12.1 Å². The third-order valence-electron chi connectivity index (χ3n) is 2.79. The first kappa shape index (κ1) is 15.6. The van der Waals surface area contributed by atoms with Crippen LogP contribution in [0.2, 0.25) is 5.02 Å². The van der Waals surface area contributed by atoms with Gasteiger partial charge in [0.1, 0.15) is 0 Å². The van der Waals surface area contributed by atoms with E-state index in [9.17, 15) is 22.4 Å². The Bertz CT molecular complexity index is 596. The van der Waals surface area contributed by atoms with Crippen LogP contribution in [-0.4, -0.2) is 29.8 Å². The van der Waals surface area contributed by atoms with Crippen LogP contribution in [-0.2, 0) is 4.79 Å². The monoisotopic (exact) mass is 329 g/mol. The van der Waals surface area contributed by atoms with Gasteiger partial charge < -0.3 is 20.3 Å². The van der Waals surface area contributed by atoms with E-state index in [1.54, 1.807) is 0 Å². The molecule has 116 valence electrons. The second-order valence-corrected chi connectivity index (χ2v) is 4.59.